The molecule has 20 heavy (non-hydrogen) atoms. The van der Waals surface area contributed by atoms with Crippen LogP contribution in [-0.4, -0.2) is 30.1 Å². The molecule has 0 N–H and O–H groups in total. The molecule has 3 rings (SSSR count). The minimum absolute atomic E-state index is 0.0505. The van der Waals surface area contributed by atoms with Gasteiger partial charge in [-0.15, -0.1) is 0 Å². The number of esters is 2. The number of nitrogens with zero attached hydrogens (tertiary/aromatic N) is 1. The quantitative estimate of drug-likeness (QED) is 0.603. The first-order chi connectivity index (χ1) is 9.59. The Balaban J connectivity index is 2.03. The summed E-state index contributed by atoms with van der Waals surface area (Å²) in [7, 11) is 1.37. The average Bonchev–Trinajstić information content (AvgIpc) is 2.43. The maximum absolute atomic E-state index is 12.3. The highest BCUT2D eigenvalue weighted by Gasteiger charge is 2.60. The lowest BCUT2D eigenvalue weighted by atomic mass is 9.54. The van der Waals surface area contributed by atoms with Crippen molar-refractivity contribution in [2.75, 3.05) is 7.11 Å². The molecule has 0 bridgehead atoms. The predicted octanol–water partition coefficient (Wildman–Crippen LogP) is 1.48. The lowest BCUT2D eigenvalue weighted by Gasteiger charge is -2.49. The fourth-order valence-corrected chi connectivity index (χ4v) is 3.27. The molecule has 5 heteroatoms. The lowest BCUT2D eigenvalue weighted by Crippen LogP contribution is -2.54. The molecule has 1 aromatic heterocycles. The summed E-state index contributed by atoms with van der Waals surface area (Å²) < 4.78 is 10.2. The van der Waals surface area contributed by atoms with Gasteiger partial charge in [-0.05, 0) is 17.7 Å². The third kappa shape index (κ3) is 1.59. The van der Waals surface area contributed by atoms with Gasteiger partial charge in [-0.2, -0.15) is 0 Å². The van der Waals surface area contributed by atoms with Gasteiger partial charge < -0.3 is 9.47 Å². The largest absolute Gasteiger partial charge is 0.468 e. The molecule has 104 valence electrons. The summed E-state index contributed by atoms with van der Waals surface area (Å²) in [5, 5.41) is 0. The Labute approximate surface area is 116 Å². The van der Waals surface area contributed by atoms with E-state index >= 15 is 0 Å². The van der Waals surface area contributed by atoms with Gasteiger partial charge in [-0.1, -0.05) is 12.1 Å². The fraction of sp³-hybridized carbons (Fsp3) is 0.400. The molecule has 1 heterocycles. The number of carbonyl (C=O) groups is 2. The molecule has 0 saturated heterocycles. The summed E-state index contributed by atoms with van der Waals surface area (Å²) in [4.78, 5) is 27.8. The van der Waals surface area contributed by atoms with Crippen LogP contribution < -0.4 is 0 Å². The fourth-order valence-electron chi connectivity index (χ4n) is 3.27. The Morgan fingerprint density at radius 1 is 1.40 bits per heavy atom. The van der Waals surface area contributed by atoms with Crippen molar-refractivity contribution in [3.8, 4) is 0 Å². The van der Waals surface area contributed by atoms with Crippen LogP contribution in [0.15, 0.2) is 30.5 Å². The zero-order valence-electron chi connectivity index (χ0n) is 11.3. The highest BCUT2D eigenvalue weighted by atomic mass is 16.5. The van der Waals surface area contributed by atoms with Crippen molar-refractivity contribution in [1.82, 2.24) is 4.98 Å². The molecule has 2 aliphatic rings. The summed E-state index contributed by atoms with van der Waals surface area (Å²) in [6, 6.07) is 3.82. The average molecular weight is 273 g/mol. The number of methoxy groups -OCH3 is 1. The number of fused-ring (bicyclic) bond motifs is 4. The molecule has 5 nitrogen and oxygen atoms in total. The maximum atomic E-state index is 12.3. The van der Waals surface area contributed by atoms with E-state index in [1.54, 1.807) is 6.20 Å². The number of hydrogen-bond donors (Lipinski definition) is 0. The van der Waals surface area contributed by atoms with Gasteiger partial charge in [0.25, 0.3) is 0 Å². The minimum atomic E-state index is -0.819. The van der Waals surface area contributed by atoms with Crippen LogP contribution in [0.1, 0.15) is 30.5 Å². The molecule has 0 amide bonds. The lowest BCUT2D eigenvalue weighted by molar-refractivity contribution is -0.156. The van der Waals surface area contributed by atoms with Gasteiger partial charge in [-0.3, -0.25) is 14.6 Å². The number of aromatic nitrogens is 1. The minimum Gasteiger partial charge on any atom is -0.468 e. The van der Waals surface area contributed by atoms with E-state index in [0.717, 1.165) is 11.3 Å². The van der Waals surface area contributed by atoms with Crippen LogP contribution in [0.3, 0.4) is 0 Å². The van der Waals surface area contributed by atoms with Gasteiger partial charge in [-0.25, -0.2) is 0 Å². The van der Waals surface area contributed by atoms with Gasteiger partial charge in [0.15, 0.2) is 0 Å². The van der Waals surface area contributed by atoms with E-state index in [9.17, 15) is 9.59 Å². The zero-order valence-corrected chi connectivity index (χ0v) is 11.3. The molecule has 0 fully saturated rings. The normalized spacial score (nSPS) is 29.7. The summed E-state index contributed by atoms with van der Waals surface area (Å²) in [6.45, 7) is 1.36. The van der Waals surface area contributed by atoms with Crippen molar-refractivity contribution in [1.29, 1.82) is 0 Å². The topological polar surface area (TPSA) is 65.5 Å². The molecule has 0 spiro atoms. The Morgan fingerprint density at radius 3 is 2.90 bits per heavy atom. The predicted molar refractivity (Wildman–Crippen MR) is 70.0 cm³/mol. The van der Waals surface area contributed by atoms with E-state index in [0.29, 0.717) is 6.42 Å². The summed E-state index contributed by atoms with van der Waals surface area (Å²) in [5.41, 5.74) is 0.953. The van der Waals surface area contributed by atoms with Crippen molar-refractivity contribution in [2.45, 2.75) is 30.8 Å². The first-order valence-corrected chi connectivity index (χ1v) is 6.49. The van der Waals surface area contributed by atoms with Crippen LogP contribution in [-0.2, 0) is 24.5 Å². The number of allylic oxidation sites excluding steroid dienone is 1. The molecule has 0 aromatic carbocycles. The highest BCUT2D eigenvalue weighted by molar-refractivity contribution is 5.89. The van der Waals surface area contributed by atoms with Crippen LogP contribution in [0.25, 0.3) is 0 Å². The van der Waals surface area contributed by atoms with Crippen molar-refractivity contribution in [2.24, 2.45) is 0 Å². The van der Waals surface area contributed by atoms with Gasteiger partial charge in [0.2, 0.25) is 0 Å². The van der Waals surface area contributed by atoms with Crippen LogP contribution in [0.5, 0.6) is 0 Å². The molecule has 2 aliphatic carbocycles. The summed E-state index contributed by atoms with van der Waals surface area (Å²) in [5.74, 6) is -0.737. The maximum Gasteiger partial charge on any atom is 0.319 e. The van der Waals surface area contributed by atoms with Crippen LogP contribution >= 0.6 is 0 Å². The van der Waals surface area contributed by atoms with Gasteiger partial charge in [0.05, 0.1) is 12.8 Å². The number of hydrogen-bond acceptors (Lipinski definition) is 5. The van der Waals surface area contributed by atoms with Crippen molar-refractivity contribution >= 4 is 11.9 Å². The molecule has 0 unspecified atom stereocenters. The van der Waals surface area contributed by atoms with Gasteiger partial charge in [0, 0.05) is 25.5 Å². The second-order valence-corrected chi connectivity index (χ2v) is 5.12. The SMILES string of the molecule is COC(=O)[C@]12C[C@H](OC(C)=O)C=C[C@H]1c1cccnc12. The highest BCUT2D eigenvalue weighted by Crippen LogP contribution is 2.56. The number of carbonyl (C=O) groups excluding carboxylic acids is 2. The molecule has 0 radical (unpaired) electrons. The molecular weight excluding hydrogens is 258 g/mol. The van der Waals surface area contributed by atoms with Crippen molar-refractivity contribution in [3.05, 3.63) is 41.7 Å². The number of pyridine rings is 1. The van der Waals surface area contributed by atoms with Crippen LogP contribution in [0.2, 0.25) is 0 Å². The second-order valence-electron chi connectivity index (χ2n) is 5.12. The standard InChI is InChI=1S/C15H15NO4/c1-9(17)20-10-5-6-12-11-4-3-7-16-13(11)15(12,8-10)14(18)19-2/h3-7,10,12H,8H2,1-2H3/t10-,12+,15-/m1/s1. The molecular formula is C15H15NO4. The van der Waals surface area contributed by atoms with Crippen LogP contribution in [0, 0.1) is 0 Å². The molecule has 3 atom stereocenters. The Hall–Kier alpha value is -2.17. The van der Waals surface area contributed by atoms with E-state index in [4.69, 9.17) is 9.47 Å². The van der Waals surface area contributed by atoms with E-state index in [-0.39, 0.29) is 17.9 Å². The molecule has 0 saturated carbocycles. The van der Waals surface area contributed by atoms with Crippen molar-refractivity contribution in [3.63, 3.8) is 0 Å². The van der Waals surface area contributed by atoms with E-state index in [1.807, 2.05) is 24.3 Å². The molecule has 0 aliphatic heterocycles. The Kier molecular flexibility index (Phi) is 2.85. The first kappa shape index (κ1) is 12.8. The summed E-state index contributed by atoms with van der Waals surface area (Å²) in [6.07, 6.45) is 5.38. The smallest absolute Gasteiger partial charge is 0.319 e. The Morgan fingerprint density at radius 2 is 2.20 bits per heavy atom. The van der Waals surface area contributed by atoms with E-state index < -0.39 is 11.5 Å². The summed E-state index contributed by atoms with van der Waals surface area (Å²) >= 11 is 0. The first-order valence-electron chi connectivity index (χ1n) is 6.49. The third-order valence-electron chi connectivity index (χ3n) is 4.04. The molecule has 1 aromatic rings. The monoisotopic (exact) mass is 273 g/mol. The van der Waals surface area contributed by atoms with Gasteiger partial charge in [0.1, 0.15) is 11.5 Å². The van der Waals surface area contributed by atoms with Crippen LogP contribution in [0.4, 0.5) is 0 Å². The van der Waals surface area contributed by atoms with E-state index in [1.165, 1.54) is 14.0 Å². The number of ether oxygens (including phenoxy) is 2. The Bertz CT molecular complexity index is 610. The third-order valence-corrected chi connectivity index (χ3v) is 4.04. The van der Waals surface area contributed by atoms with Crippen molar-refractivity contribution < 1.29 is 19.1 Å². The number of rotatable bonds is 2. The zero-order chi connectivity index (χ0) is 14.3. The van der Waals surface area contributed by atoms with Gasteiger partial charge >= 0.3 is 11.9 Å². The second kappa shape index (κ2) is 4.44. The van der Waals surface area contributed by atoms with E-state index in [2.05, 4.69) is 4.98 Å².